The fourth-order valence-corrected chi connectivity index (χ4v) is 10.2. The van der Waals surface area contributed by atoms with E-state index in [-0.39, 0.29) is 32.2 Å². The Morgan fingerprint density at radius 2 is 0.986 bits per heavy atom. The number of nitrogens with one attached hydrogen (secondary N) is 6. The number of H-pyrrole nitrogens is 2. The van der Waals surface area contributed by atoms with E-state index >= 15 is 0 Å². The fraction of sp³-hybridized carbons (Fsp3) is 0.298. The van der Waals surface area contributed by atoms with Crippen LogP contribution >= 0.6 is 44.7 Å². The Bertz CT molecular complexity index is 3310. The topological polar surface area (TPSA) is 282 Å². The van der Waals surface area contributed by atoms with Gasteiger partial charge in [-0.25, -0.2) is 33.3 Å². The van der Waals surface area contributed by atoms with Crippen LogP contribution in [0, 0.1) is 24.0 Å². The van der Waals surface area contributed by atoms with Crippen LogP contribution < -0.4 is 26.4 Å². The number of nitrogen functional groups attached to an aromatic ring is 1. The largest absolute Gasteiger partial charge is 0.399 e. The Kier molecular flexibility index (Phi) is 18.4. The maximum absolute atomic E-state index is 12.4. The van der Waals surface area contributed by atoms with Gasteiger partial charge in [-0.15, -0.1) is 34.0 Å². The average Bonchev–Trinajstić information content (AvgIpc) is 4.13. The van der Waals surface area contributed by atoms with Gasteiger partial charge in [-0.1, -0.05) is 80.5 Å². The summed E-state index contributed by atoms with van der Waals surface area (Å²) in [5.74, 6) is 0. The van der Waals surface area contributed by atoms with Gasteiger partial charge in [0.25, 0.3) is 24.8 Å². The molecule has 25 heteroatoms. The lowest BCUT2D eigenvalue weighted by Gasteiger charge is -2.14. The molecule has 0 unspecified atom stereocenters. The summed E-state index contributed by atoms with van der Waals surface area (Å²) >= 11 is 4.62. The number of nitrogens with two attached hydrogens (primary N) is 1. The van der Waals surface area contributed by atoms with E-state index in [0.717, 1.165) is 49.5 Å². The van der Waals surface area contributed by atoms with Gasteiger partial charge in [0.2, 0.25) is 10.3 Å². The lowest BCUT2D eigenvalue weighted by Crippen LogP contribution is -2.14. The van der Waals surface area contributed by atoms with Gasteiger partial charge in [-0.3, -0.25) is 14.8 Å². The van der Waals surface area contributed by atoms with Crippen LogP contribution in [0.1, 0.15) is 90.8 Å². The van der Waals surface area contributed by atoms with Gasteiger partial charge in [0.1, 0.15) is 0 Å². The molecule has 3 aromatic carbocycles. The number of thiazole rings is 3. The van der Waals surface area contributed by atoms with Crippen LogP contribution in [0.3, 0.4) is 0 Å². The van der Waals surface area contributed by atoms with Crippen molar-refractivity contribution in [2.45, 2.75) is 103 Å². The normalized spacial score (nSPS) is 11.7. The molecule has 5 heterocycles. The van der Waals surface area contributed by atoms with E-state index in [2.05, 4.69) is 123 Å². The molecule has 0 fully saturated rings. The van der Waals surface area contributed by atoms with Crippen molar-refractivity contribution < 1.29 is 21.8 Å². The molecule has 8 rings (SSSR count). The number of nitro benzene ring substituents is 1. The minimum atomic E-state index is -3.75. The van der Waals surface area contributed by atoms with Gasteiger partial charge < -0.3 is 31.7 Å². The Hall–Kier alpha value is -6.44. The number of hydrogen-bond donors (Lipinski definition) is 7. The van der Waals surface area contributed by atoms with Crippen LogP contribution in [0.2, 0.25) is 0 Å². The summed E-state index contributed by atoms with van der Waals surface area (Å²) in [6.45, 7) is 22.5. The van der Waals surface area contributed by atoms with Gasteiger partial charge in [0.15, 0.2) is 15.4 Å². The minimum Gasteiger partial charge on any atom is -0.399 e. The Labute approximate surface area is 436 Å². The maximum Gasteiger partial charge on any atom is 0.295 e. The summed E-state index contributed by atoms with van der Waals surface area (Å²) in [6, 6.07) is 21.1. The number of aromatic nitrogens is 7. The number of aromatic amines is 2. The molecule has 8 N–H and O–H groups in total. The van der Waals surface area contributed by atoms with E-state index in [1.54, 1.807) is 55.5 Å². The maximum atomic E-state index is 12.4. The minimum absolute atomic E-state index is 0.000878. The summed E-state index contributed by atoms with van der Waals surface area (Å²) in [6.07, 6.45) is 2.87. The highest BCUT2D eigenvalue weighted by molar-refractivity contribution is 8.13. The number of hydrogen-bond acceptors (Lipinski definition) is 18. The first-order valence-corrected chi connectivity index (χ1v) is 28.3. The Morgan fingerprint density at radius 1 is 0.597 bits per heavy atom. The zero-order valence-corrected chi connectivity index (χ0v) is 46.3. The van der Waals surface area contributed by atoms with E-state index in [1.807, 2.05) is 41.1 Å². The highest BCUT2D eigenvalue weighted by atomic mass is 35.7. The highest BCUT2D eigenvalue weighted by Crippen LogP contribution is 2.32. The molecular formula is C47H58ClN13O6S5. The van der Waals surface area contributed by atoms with Crippen molar-refractivity contribution in [1.82, 2.24) is 34.9 Å². The zero-order chi connectivity index (χ0) is 53.2. The number of sulfonamides is 1. The molecular weight excluding hydrogens is 1040 g/mol. The predicted octanol–water partition coefficient (Wildman–Crippen LogP) is 12.5. The molecule has 0 saturated heterocycles. The first-order valence-electron chi connectivity index (χ1n) is 21.8. The third-order valence-corrected chi connectivity index (χ3v) is 14.1. The molecule has 8 aromatic rings. The number of anilines is 8. The number of rotatable bonds is 11. The van der Waals surface area contributed by atoms with Crippen LogP contribution in [-0.2, 0) is 35.3 Å². The molecule has 0 aliphatic carbocycles. The molecule has 72 heavy (non-hydrogen) atoms. The first kappa shape index (κ1) is 56.5. The molecule has 19 nitrogen and oxygen atoms in total. The van der Waals surface area contributed by atoms with Crippen LogP contribution in [0.4, 0.5) is 49.5 Å². The van der Waals surface area contributed by atoms with E-state index in [4.69, 9.17) is 16.4 Å². The lowest BCUT2D eigenvalue weighted by molar-refractivity contribution is -0.384. The van der Waals surface area contributed by atoms with Gasteiger partial charge in [-0.05, 0) is 56.3 Å². The summed E-state index contributed by atoms with van der Waals surface area (Å²) < 4.78 is 48.3. The van der Waals surface area contributed by atoms with E-state index < -0.39 is 24.0 Å². The van der Waals surface area contributed by atoms with Crippen molar-refractivity contribution in [3.63, 3.8) is 0 Å². The number of benzene rings is 3. The van der Waals surface area contributed by atoms with Gasteiger partial charge in [0, 0.05) is 102 Å². The van der Waals surface area contributed by atoms with Crippen molar-refractivity contribution in [2.75, 3.05) is 26.4 Å². The third kappa shape index (κ3) is 17.4. The average molecular weight is 1100 g/mol. The molecule has 0 amide bonds. The fourth-order valence-electron chi connectivity index (χ4n) is 5.61. The SMILES string of the molecule is CC(C)(C)c1csc(Nc2cccc(N)c2)n1.CC(C)(C)c1csc(Nc2cccc([N+](=O)[O-])c2)n1.Cc1cnc(S(=O)(=O)Cl)[nH]1.Cc1cnc(S(=O)(=O)Nc2cccc(Nc3nc(C(C)(C)C)cs3)c2)[nH]1. The third-order valence-electron chi connectivity index (χ3n) is 9.47. The molecule has 0 aliphatic rings. The molecule has 0 spiro atoms. The van der Waals surface area contributed by atoms with Crippen molar-refractivity contribution >= 4 is 113 Å². The predicted molar refractivity (Wildman–Crippen MR) is 293 cm³/mol. The molecule has 0 atom stereocenters. The van der Waals surface area contributed by atoms with Crippen molar-refractivity contribution in [3.8, 4) is 0 Å². The summed E-state index contributed by atoms with van der Waals surface area (Å²) in [4.78, 5) is 36.5. The molecule has 0 bridgehead atoms. The molecule has 0 saturated carbocycles. The van der Waals surface area contributed by atoms with Crippen molar-refractivity contribution in [2.24, 2.45) is 0 Å². The molecule has 0 aliphatic heterocycles. The van der Waals surface area contributed by atoms with E-state index in [1.165, 1.54) is 47.2 Å². The van der Waals surface area contributed by atoms with E-state index in [9.17, 15) is 26.9 Å². The first-order chi connectivity index (χ1) is 33.4. The van der Waals surface area contributed by atoms with Crippen LogP contribution in [0.25, 0.3) is 0 Å². The van der Waals surface area contributed by atoms with Crippen molar-refractivity contribution in [1.29, 1.82) is 0 Å². The number of imidazole rings is 2. The molecule has 384 valence electrons. The van der Waals surface area contributed by atoms with Crippen LogP contribution in [-0.4, -0.2) is 56.6 Å². The summed E-state index contributed by atoms with van der Waals surface area (Å²) in [5, 5.41) is 28.5. The number of halogens is 1. The quantitative estimate of drug-likeness (QED) is 0.0274. The van der Waals surface area contributed by atoms with Crippen molar-refractivity contribution in [3.05, 3.63) is 140 Å². The Morgan fingerprint density at radius 3 is 1.35 bits per heavy atom. The smallest absolute Gasteiger partial charge is 0.295 e. The number of nitro groups is 1. The standard InChI is InChI=1S/C17H21N5O2S2.C13H15N3O2S.C13H17N3S.C4H5ClN2O2S/c1-11-9-18-16(19-11)26(23,24)22-13-7-5-6-12(8-13)20-15-21-14(10-25-15)17(2,3)4;1-13(2,3)11-8-19-12(15-11)14-9-5-4-6-10(7-9)16(17)18;1-13(2,3)11-8-17-12(16-11)15-10-6-4-5-9(14)7-10;1-3-2-6-4(7-3)10(5,8)9/h5-10,22H,1-4H3,(H,18,19)(H,20,21);4-8H,1-3H3,(H,14,15);4-8H,14H2,1-3H3,(H,15,16);2H,1H3,(H,6,7). The monoisotopic (exact) mass is 1100 g/mol. The van der Waals surface area contributed by atoms with Gasteiger partial charge in [0.05, 0.1) is 27.7 Å². The summed E-state index contributed by atoms with van der Waals surface area (Å²) in [7, 11) is -2.48. The summed E-state index contributed by atoms with van der Waals surface area (Å²) in [5.41, 5.74) is 13.9. The number of aryl methyl sites for hydroxylation is 2. The second-order valence-corrected chi connectivity index (χ2v) is 25.7. The van der Waals surface area contributed by atoms with E-state index in [0.29, 0.717) is 22.8 Å². The number of non-ortho nitro benzene ring substituents is 1. The lowest BCUT2D eigenvalue weighted by atomic mass is 9.93. The highest BCUT2D eigenvalue weighted by Gasteiger charge is 2.21. The molecule has 0 radical (unpaired) electrons. The molecule has 5 aromatic heterocycles. The van der Waals surface area contributed by atoms with Crippen LogP contribution in [0.15, 0.2) is 112 Å². The van der Waals surface area contributed by atoms with Gasteiger partial charge >= 0.3 is 0 Å². The van der Waals surface area contributed by atoms with Crippen LogP contribution in [0.5, 0.6) is 0 Å². The zero-order valence-electron chi connectivity index (χ0n) is 41.4. The second kappa shape index (κ2) is 23.4. The van der Waals surface area contributed by atoms with Gasteiger partial charge in [-0.2, -0.15) is 8.42 Å². The number of nitrogens with zero attached hydrogens (tertiary/aromatic N) is 6. The Balaban J connectivity index is 0.000000187. The second-order valence-electron chi connectivity index (χ2n) is 19.0.